The van der Waals surface area contributed by atoms with Gasteiger partial charge in [0.25, 0.3) is 0 Å². The number of thioether (sulfide) groups is 1. The first-order valence-electron chi connectivity index (χ1n) is 8.61. The largest absolute Gasteiger partial charge is 0.342 e. The maximum atomic E-state index is 12.7. The summed E-state index contributed by atoms with van der Waals surface area (Å²) in [6, 6.07) is 9.90. The lowest BCUT2D eigenvalue weighted by Gasteiger charge is -2.43. The third-order valence-corrected chi connectivity index (χ3v) is 6.41. The normalized spacial score (nSPS) is 20.0. The van der Waals surface area contributed by atoms with Crippen LogP contribution >= 0.6 is 11.8 Å². The van der Waals surface area contributed by atoms with Crippen LogP contribution in [0.5, 0.6) is 0 Å². The van der Waals surface area contributed by atoms with Gasteiger partial charge in [-0.2, -0.15) is 0 Å². The van der Waals surface area contributed by atoms with Crippen LogP contribution in [0.3, 0.4) is 0 Å². The Hall–Kier alpha value is -1.75. The lowest BCUT2D eigenvalue weighted by Crippen LogP contribution is -2.53. The molecule has 0 N–H and O–H groups in total. The number of benzene rings is 1. The first-order chi connectivity index (χ1) is 11.6. The second kappa shape index (κ2) is 7.43. The van der Waals surface area contributed by atoms with Gasteiger partial charge in [-0.3, -0.25) is 9.59 Å². The topological polar surface area (TPSA) is 40.6 Å². The van der Waals surface area contributed by atoms with Crippen molar-refractivity contribution in [1.82, 2.24) is 9.80 Å². The second-order valence-corrected chi connectivity index (χ2v) is 7.72. The molecular formula is C19H24N2O2S. The Morgan fingerprint density at radius 3 is 2.54 bits per heavy atom. The monoisotopic (exact) mass is 344 g/mol. The van der Waals surface area contributed by atoms with Crippen molar-refractivity contribution in [2.75, 3.05) is 25.4 Å². The summed E-state index contributed by atoms with van der Waals surface area (Å²) < 4.78 is 0. The highest BCUT2D eigenvalue weighted by Gasteiger charge is 2.46. The second-order valence-electron chi connectivity index (χ2n) is 6.26. The molecule has 0 aliphatic carbocycles. The number of amides is 2. The fourth-order valence-corrected chi connectivity index (χ4v) is 4.95. The van der Waals surface area contributed by atoms with Crippen LogP contribution in [0.15, 0.2) is 36.4 Å². The maximum Gasteiger partial charge on any atom is 0.247 e. The van der Waals surface area contributed by atoms with E-state index >= 15 is 0 Å². The van der Waals surface area contributed by atoms with E-state index in [1.165, 1.54) is 0 Å². The predicted octanol–water partition coefficient (Wildman–Crippen LogP) is 3.00. The van der Waals surface area contributed by atoms with E-state index in [9.17, 15) is 9.59 Å². The first kappa shape index (κ1) is 17.1. The Labute approximate surface area is 147 Å². The molecule has 0 bridgehead atoms. The highest BCUT2D eigenvalue weighted by Crippen LogP contribution is 2.44. The molecule has 128 valence electrons. The Balaban J connectivity index is 1.66. The van der Waals surface area contributed by atoms with E-state index in [4.69, 9.17) is 0 Å². The van der Waals surface area contributed by atoms with E-state index < -0.39 is 0 Å². The summed E-state index contributed by atoms with van der Waals surface area (Å²) in [4.78, 5) is 28.4. The van der Waals surface area contributed by atoms with Gasteiger partial charge < -0.3 is 9.80 Å². The molecular weight excluding hydrogens is 320 g/mol. The van der Waals surface area contributed by atoms with E-state index in [1.54, 1.807) is 6.08 Å². The number of carbonyl (C=O) groups is 2. The standard InChI is InChI=1S/C19H24N2O2S/c1-2-17(22)20-12-10-19(11-13-20)21(14-15-24-19)18(23)9-8-16-6-4-3-5-7-16/h3-9H,2,10-15H2,1H3/b9-8+. The molecule has 2 heterocycles. The Morgan fingerprint density at radius 2 is 1.88 bits per heavy atom. The number of carbonyl (C=O) groups excluding carboxylic acids is 2. The molecule has 3 rings (SSSR count). The molecule has 2 saturated heterocycles. The van der Waals surface area contributed by atoms with Gasteiger partial charge in [0.1, 0.15) is 0 Å². The summed E-state index contributed by atoms with van der Waals surface area (Å²) in [7, 11) is 0. The molecule has 4 nitrogen and oxygen atoms in total. The lowest BCUT2D eigenvalue weighted by molar-refractivity contribution is -0.134. The zero-order valence-electron chi connectivity index (χ0n) is 14.1. The molecule has 0 atom stereocenters. The van der Waals surface area contributed by atoms with Crippen molar-refractivity contribution >= 4 is 29.7 Å². The number of piperidine rings is 1. The van der Waals surface area contributed by atoms with Gasteiger partial charge in [0, 0.05) is 37.9 Å². The summed E-state index contributed by atoms with van der Waals surface area (Å²) in [6.07, 6.45) is 5.87. The van der Waals surface area contributed by atoms with Gasteiger partial charge in [-0.05, 0) is 24.5 Å². The molecule has 1 aromatic rings. The molecule has 2 amide bonds. The Morgan fingerprint density at radius 1 is 1.17 bits per heavy atom. The van der Waals surface area contributed by atoms with Crippen molar-refractivity contribution in [3.63, 3.8) is 0 Å². The third kappa shape index (κ3) is 3.51. The van der Waals surface area contributed by atoms with Crippen LogP contribution in [-0.2, 0) is 9.59 Å². The summed E-state index contributed by atoms with van der Waals surface area (Å²) in [5, 5.41) is 0. The fourth-order valence-electron chi connectivity index (χ4n) is 3.48. The van der Waals surface area contributed by atoms with Gasteiger partial charge in [-0.1, -0.05) is 37.3 Å². The van der Waals surface area contributed by atoms with Crippen LogP contribution in [0.2, 0.25) is 0 Å². The first-order valence-corrected chi connectivity index (χ1v) is 9.60. The van der Waals surface area contributed by atoms with Crippen molar-refractivity contribution in [3.05, 3.63) is 42.0 Å². The summed E-state index contributed by atoms with van der Waals surface area (Å²) >= 11 is 1.88. The molecule has 5 heteroatoms. The van der Waals surface area contributed by atoms with Crippen LogP contribution in [0, 0.1) is 0 Å². The number of nitrogens with zero attached hydrogens (tertiary/aromatic N) is 2. The molecule has 0 saturated carbocycles. The van der Waals surface area contributed by atoms with Crippen LogP contribution in [0.25, 0.3) is 6.08 Å². The number of rotatable bonds is 3. The van der Waals surface area contributed by atoms with Crippen molar-refractivity contribution < 1.29 is 9.59 Å². The lowest BCUT2D eigenvalue weighted by atomic mass is 10.0. The van der Waals surface area contributed by atoms with Crippen molar-refractivity contribution in [2.24, 2.45) is 0 Å². The SMILES string of the molecule is CCC(=O)N1CCC2(CC1)SCCN2C(=O)/C=C/c1ccccc1. The molecule has 2 aliphatic rings. The van der Waals surface area contributed by atoms with E-state index in [2.05, 4.69) is 0 Å². The zero-order chi connectivity index (χ0) is 17.0. The smallest absolute Gasteiger partial charge is 0.247 e. The maximum absolute atomic E-state index is 12.7. The van der Waals surface area contributed by atoms with Gasteiger partial charge in [0.2, 0.25) is 11.8 Å². The molecule has 1 spiro atoms. The van der Waals surface area contributed by atoms with E-state index in [0.717, 1.165) is 43.8 Å². The van der Waals surface area contributed by atoms with Crippen molar-refractivity contribution in [1.29, 1.82) is 0 Å². The quantitative estimate of drug-likeness (QED) is 0.792. The van der Waals surface area contributed by atoms with Crippen LogP contribution in [0.4, 0.5) is 0 Å². The number of hydrogen-bond donors (Lipinski definition) is 0. The van der Waals surface area contributed by atoms with Gasteiger partial charge in [0.15, 0.2) is 0 Å². The average Bonchev–Trinajstić information content (AvgIpc) is 3.03. The van der Waals surface area contributed by atoms with Gasteiger partial charge in [-0.25, -0.2) is 0 Å². The van der Waals surface area contributed by atoms with Crippen LogP contribution < -0.4 is 0 Å². The van der Waals surface area contributed by atoms with Gasteiger partial charge in [-0.15, -0.1) is 11.8 Å². The Bertz CT molecular complexity index is 622. The number of likely N-dealkylation sites (tertiary alicyclic amines) is 1. The minimum absolute atomic E-state index is 0.0825. The molecule has 0 unspecified atom stereocenters. The highest BCUT2D eigenvalue weighted by atomic mass is 32.2. The highest BCUT2D eigenvalue weighted by molar-refractivity contribution is 8.00. The molecule has 2 aliphatic heterocycles. The molecule has 0 aromatic heterocycles. The van der Waals surface area contributed by atoms with Crippen molar-refractivity contribution in [2.45, 2.75) is 31.1 Å². The van der Waals surface area contributed by atoms with Gasteiger partial charge >= 0.3 is 0 Å². The van der Waals surface area contributed by atoms with E-state index in [0.29, 0.717) is 6.42 Å². The average molecular weight is 344 g/mol. The molecule has 1 aromatic carbocycles. The van der Waals surface area contributed by atoms with Gasteiger partial charge in [0.05, 0.1) is 4.87 Å². The van der Waals surface area contributed by atoms with Crippen LogP contribution in [-0.4, -0.2) is 51.9 Å². The fraction of sp³-hybridized carbons (Fsp3) is 0.474. The third-order valence-electron chi connectivity index (χ3n) is 4.86. The zero-order valence-corrected chi connectivity index (χ0v) is 14.9. The minimum Gasteiger partial charge on any atom is -0.342 e. The summed E-state index contributed by atoms with van der Waals surface area (Å²) in [5.74, 6) is 1.28. The minimum atomic E-state index is -0.122. The van der Waals surface area contributed by atoms with E-state index in [-0.39, 0.29) is 16.7 Å². The Kier molecular flexibility index (Phi) is 5.29. The summed E-state index contributed by atoms with van der Waals surface area (Å²) in [6.45, 7) is 4.21. The van der Waals surface area contributed by atoms with E-state index in [1.807, 2.05) is 64.9 Å². The predicted molar refractivity (Wildman–Crippen MR) is 98.5 cm³/mol. The molecule has 2 fully saturated rings. The number of hydrogen-bond acceptors (Lipinski definition) is 3. The molecule has 0 radical (unpaired) electrons. The summed E-state index contributed by atoms with van der Waals surface area (Å²) in [5.41, 5.74) is 1.04. The van der Waals surface area contributed by atoms with Crippen molar-refractivity contribution in [3.8, 4) is 0 Å². The van der Waals surface area contributed by atoms with Crippen LogP contribution in [0.1, 0.15) is 31.7 Å². The molecule has 24 heavy (non-hydrogen) atoms.